The molecule has 4 aromatic rings. The second-order valence-electron chi connectivity index (χ2n) is 7.32. The maximum Gasteiger partial charge on any atom is 0.268 e. The van der Waals surface area contributed by atoms with Crippen LogP contribution >= 0.6 is 11.3 Å². The molecule has 1 heterocycles. The second kappa shape index (κ2) is 10.6. The maximum atomic E-state index is 12.5. The van der Waals surface area contributed by atoms with Gasteiger partial charge in [0.1, 0.15) is 23.3 Å². The molecule has 170 valence electrons. The molecular formula is C26H22N4O3S. The van der Waals surface area contributed by atoms with Crippen molar-refractivity contribution in [3.8, 4) is 17.6 Å². The number of aromatic nitrogens is 2. The average molecular weight is 471 g/mol. The van der Waals surface area contributed by atoms with Crippen molar-refractivity contribution in [3.05, 3.63) is 82.4 Å². The average Bonchev–Trinajstić information content (AvgIpc) is 3.33. The van der Waals surface area contributed by atoms with Crippen molar-refractivity contribution in [2.24, 2.45) is 0 Å². The smallest absolute Gasteiger partial charge is 0.268 e. The summed E-state index contributed by atoms with van der Waals surface area (Å²) >= 11 is 1.28. The molecule has 0 atom stereocenters. The predicted octanol–water partition coefficient (Wildman–Crippen LogP) is 5.39. The summed E-state index contributed by atoms with van der Waals surface area (Å²) in [6.07, 6.45) is 2.22. The fourth-order valence-corrected chi connectivity index (χ4v) is 4.07. The molecule has 0 aliphatic heterocycles. The number of amides is 1. The van der Waals surface area contributed by atoms with Gasteiger partial charge < -0.3 is 9.47 Å². The minimum absolute atomic E-state index is 0.0558. The first kappa shape index (κ1) is 23.0. The quantitative estimate of drug-likeness (QED) is 0.274. The third-order valence-corrected chi connectivity index (χ3v) is 6.10. The number of hydrogen-bond donors (Lipinski definition) is 1. The Morgan fingerprint density at radius 2 is 1.94 bits per heavy atom. The molecular weight excluding hydrogens is 448 g/mol. The molecule has 7 nitrogen and oxygen atoms in total. The number of anilines is 1. The van der Waals surface area contributed by atoms with Crippen LogP contribution in [0.25, 0.3) is 16.8 Å². The number of carbonyl (C=O) groups is 1. The minimum Gasteiger partial charge on any atom is -0.493 e. The lowest BCUT2D eigenvalue weighted by atomic mass is 10.1. The van der Waals surface area contributed by atoms with Crippen LogP contribution in [0.2, 0.25) is 0 Å². The van der Waals surface area contributed by atoms with Crippen LogP contribution in [-0.2, 0) is 17.8 Å². The number of hydrogen-bond acceptors (Lipinski definition) is 7. The van der Waals surface area contributed by atoms with E-state index in [9.17, 15) is 10.1 Å². The van der Waals surface area contributed by atoms with Crippen molar-refractivity contribution in [1.82, 2.24) is 10.2 Å². The van der Waals surface area contributed by atoms with Gasteiger partial charge in [-0.3, -0.25) is 10.1 Å². The number of methoxy groups -OCH3 is 1. The standard InChI is InChI=1S/C26H22N4O3S/c1-3-24-29-30-26(34-24)28-25(31)20(15-27)13-17-11-12-22(23(14-17)32-2)33-16-19-9-6-8-18-7-4-5-10-21(18)19/h4-14H,3,16H2,1-2H3,(H,28,30,31)/b20-13+. The highest BCUT2D eigenvalue weighted by molar-refractivity contribution is 7.15. The molecule has 4 rings (SSSR count). The number of carbonyl (C=O) groups excluding carboxylic acids is 1. The fourth-order valence-electron chi connectivity index (χ4n) is 3.39. The zero-order valence-corrected chi connectivity index (χ0v) is 19.6. The van der Waals surface area contributed by atoms with E-state index in [0.717, 1.165) is 27.8 Å². The van der Waals surface area contributed by atoms with Crippen molar-refractivity contribution < 1.29 is 14.3 Å². The molecule has 1 N–H and O–H groups in total. The van der Waals surface area contributed by atoms with Gasteiger partial charge in [-0.15, -0.1) is 10.2 Å². The zero-order chi connectivity index (χ0) is 23.9. The van der Waals surface area contributed by atoms with Crippen LogP contribution in [0.5, 0.6) is 11.5 Å². The molecule has 0 spiro atoms. The van der Waals surface area contributed by atoms with E-state index in [1.165, 1.54) is 17.4 Å². The molecule has 0 unspecified atom stereocenters. The highest BCUT2D eigenvalue weighted by Crippen LogP contribution is 2.30. The van der Waals surface area contributed by atoms with Gasteiger partial charge in [0, 0.05) is 0 Å². The van der Waals surface area contributed by atoms with Gasteiger partial charge in [0.25, 0.3) is 5.91 Å². The van der Waals surface area contributed by atoms with Crippen molar-refractivity contribution in [2.75, 3.05) is 12.4 Å². The number of rotatable bonds is 8. The van der Waals surface area contributed by atoms with E-state index in [-0.39, 0.29) is 5.57 Å². The monoisotopic (exact) mass is 470 g/mol. The lowest BCUT2D eigenvalue weighted by molar-refractivity contribution is -0.112. The van der Waals surface area contributed by atoms with Crippen LogP contribution in [0.15, 0.2) is 66.2 Å². The number of aryl methyl sites for hydroxylation is 1. The fraction of sp³-hybridized carbons (Fsp3) is 0.154. The van der Waals surface area contributed by atoms with Gasteiger partial charge in [0.2, 0.25) is 5.13 Å². The molecule has 0 fully saturated rings. The van der Waals surface area contributed by atoms with Crippen LogP contribution in [-0.4, -0.2) is 23.2 Å². The molecule has 1 aromatic heterocycles. The number of ether oxygens (including phenoxy) is 2. The number of fused-ring (bicyclic) bond motifs is 1. The Morgan fingerprint density at radius 3 is 2.71 bits per heavy atom. The lowest BCUT2D eigenvalue weighted by Gasteiger charge is -2.13. The Bertz CT molecular complexity index is 1400. The predicted molar refractivity (Wildman–Crippen MR) is 133 cm³/mol. The van der Waals surface area contributed by atoms with Gasteiger partial charge >= 0.3 is 0 Å². The summed E-state index contributed by atoms with van der Waals surface area (Å²) in [6, 6.07) is 21.5. The molecule has 34 heavy (non-hydrogen) atoms. The van der Waals surface area contributed by atoms with E-state index < -0.39 is 5.91 Å². The number of nitrogens with one attached hydrogen (secondary N) is 1. The minimum atomic E-state index is -0.545. The third kappa shape index (κ3) is 5.22. The lowest BCUT2D eigenvalue weighted by Crippen LogP contribution is -2.13. The topological polar surface area (TPSA) is 97.1 Å². The summed E-state index contributed by atoms with van der Waals surface area (Å²) in [7, 11) is 1.55. The Balaban J connectivity index is 1.50. The summed E-state index contributed by atoms with van der Waals surface area (Å²) in [5, 5.41) is 23.5. The summed E-state index contributed by atoms with van der Waals surface area (Å²) in [5.41, 5.74) is 1.64. The molecule has 0 bridgehead atoms. The van der Waals surface area contributed by atoms with Crippen molar-refractivity contribution >= 4 is 39.2 Å². The van der Waals surface area contributed by atoms with Crippen molar-refractivity contribution in [2.45, 2.75) is 20.0 Å². The van der Waals surface area contributed by atoms with E-state index in [1.807, 2.05) is 37.3 Å². The molecule has 0 saturated carbocycles. The summed E-state index contributed by atoms with van der Waals surface area (Å²) < 4.78 is 11.5. The molecule has 3 aromatic carbocycles. The highest BCUT2D eigenvalue weighted by Gasteiger charge is 2.14. The number of nitriles is 1. The van der Waals surface area contributed by atoms with Crippen LogP contribution in [0.1, 0.15) is 23.1 Å². The van der Waals surface area contributed by atoms with Gasteiger partial charge in [-0.05, 0) is 46.5 Å². The van der Waals surface area contributed by atoms with Crippen molar-refractivity contribution in [3.63, 3.8) is 0 Å². The van der Waals surface area contributed by atoms with E-state index >= 15 is 0 Å². The zero-order valence-electron chi connectivity index (χ0n) is 18.7. The first-order chi connectivity index (χ1) is 16.6. The van der Waals surface area contributed by atoms with E-state index in [0.29, 0.717) is 28.8 Å². The highest BCUT2D eigenvalue weighted by atomic mass is 32.1. The maximum absolute atomic E-state index is 12.5. The Morgan fingerprint density at radius 1 is 1.12 bits per heavy atom. The first-order valence-corrected chi connectivity index (χ1v) is 11.5. The Hall–Kier alpha value is -4.22. The molecule has 0 aliphatic rings. The SMILES string of the molecule is CCc1nnc(NC(=O)/C(C#N)=C/c2ccc(OCc3cccc4ccccc34)c(OC)c2)s1. The molecule has 0 saturated heterocycles. The molecule has 0 radical (unpaired) electrons. The summed E-state index contributed by atoms with van der Waals surface area (Å²) in [6.45, 7) is 2.33. The molecule has 1 amide bonds. The van der Waals surface area contributed by atoms with Crippen LogP contribution in [0.3, 0.4) is 0 Å². The Kier molecular flexibility index (Phi) is 7.16. The van der Waals surface area contributed by atoms with Gasteiger partial charge in [-0.25, -0.2) is 0 Å². The second-order valence-corrected chi connectivity index (χ2v) is 8.38. The Labute approximate surface area is 201 Å². The van der Waals surface area contributed by atoms with E-state index in [1.54, 1.807) is 25.3 Å². The number of benzene rings is 3. The molecule has 0 aliphatic carbocycles. The first-order valence-electron chi connectivity index (χ1n) is 10.6. The van der Waals surface area contributed by atoms with E-state index in [2.05, 4.69) is 33.7 Å². The van der Waals surface area contributed by atoms with E-state index in [4.69, 9.17) is 9.47 Å². The van der Waals surface area contributed by atoms with Crippen LogP contribution < -0.4 is 14.8 Å². The molecule has 8 heteroatoms. The van der Waals surface area contributed by atoms with Crippen molar-refractivity contribution in [1.29, 1.82) is 5.26 Å². The third-order valence-electron chi connectivity index (χ3n) is 5.12. The summed E-state index contributed by atoms with van der Waals surface area (Å²) in [4.78, 5) is 12.5. The van der Waals surface area contributed by atoms with Gasteiger partial charge in [0.05, 0.1) is 7.11 Å². The van der Waals surface area contributed by atoms with Crippen LogP contribution in [0, 0.1) is 11.3 Å². The normalized spacial score (nSPS) is 11.1. The van der Waals surface area contributed by atoms with Gasteiger partial charge in [-0.2, -0.15) is 5.26 Å². The number of nitrogens with zero attached hydrogens (tertiary/aromatic N) is 3. The largest absolute Gasteiger partial charge is 0.493 e. The van der Waals surface area contributed by atoms with Crippen LogP contribution in [0.4, 0.5) is 5.13 Å². The van der Waals surface area contributed by atoms with Gasteiger partial charge in [-0.1, -0.05) is 66.8 Å². The van der Waals surface area contributed by atoms with Gasteiger partial charge in [0.15, 0.2) is 11.5 Å². The summed E-state index contributed by atoms with van der Waals surface area (Å²) in [5.74, 6) is 0.524.